The summed E-state index contributed by atoms with van der Waals surface area (Å²) in [4.78, 5) is 0. The SMILES string of the molecule is C[C@]12CC[C@H](O)C[C@H]1CC[C@@H]1[C@@H]2C[C@@H](O)[C@]2(C)[C@@H](C3CC(O)OC3Cc3ccccc3O)CC[C@]12O. The van der Waals surface area contributed by atoms with Gasteiger partial charge in [-0.25, -0.2) is 0 Å². The zero-order valence-electron chi connectivity index (χ0n) is 21.7. The molecule has 6 heteroatoms. The lowest BCUT2D eigenvalue weighted by Crippen LogP contribution is -2.67. The molecule has 1 saturated heterocycles. The molecule has 6 rings (SSSR count). The van der Waals surface area contributed by atoms with Crippen LogP contribution >= 0.6 is 0 Å². The summed E-state index contributed by atoms with van der Waals surface area (Å²) in [5.74, 6) is 1.14. The van der Waals surface area contributed by atoms with Gasteiger partial charge in [0.15, 0.2) is 6.29 Å². The predicted molar refractivity (Wildman–Crippen MR) is 135 cm³/mol. The molecular formula is C30H44O6. The van der Waals surface area contributed by atoms with Crippen molar-refractivity contribution in [2.45, 2.75) is 108 Å². The van der Waals surface area contributed by atoms with Gasteiger partial charge in [0.05, 0.1) is 23.9 Å². The van der Waals surface area contributed by atoms with Crippen molar-refractivity contribution in [3.63, 3.8) is 0 Å². The fraction of sp³-hybridized carbons (Fsp3) is 0.800. The van der Waals surface area contributed by atoms with Crippen molar-refractivity contribution in [3.05, 3.63) is 29.8 Å². The van der Waals surface area contributed by atoms with Crippen LogP contribution < -0.4 is 0 Å². The van der Waals surface area contributed by atoms with E-state index in [0.29, 0.717) is 31.6 Å². The molecule has 1 heterocycles. The van der Waals surface area contributed by atoms with Gasteiger partial charge >= 0.3 is 0 Å². The van der Waals surface area contributed by atoms with Crippen molar-refractivity contribution in [2.24, 2.45) is 40.4 Å². The molecule has 0 spiro atoms. The van der Waals surface area contributed by atoms with E-state index in [9.17, 15) is 25.5 Å². The smallest absolute Gasteiger partial charge is 0.155 e. The molecule has 1 aromatic carbocycles. The minimum absolute atomic E-state index is 0.00147. The molecule has 6 nitrogen and oxygen atoms in total. The van der Waals surface area contributed by atoms with E-state index in [0.717, 1.165) is 44.1 Å². The highest BCUT2D eigenvalue weighted by molar-refractivity contribution is 5.32. The first kappa shape index (κ1) is 25.1. The summed E-state index contributed by atoms with van der Waals surface area (Å²) < 4.78 is 6.00. The normalized spacial score (nSPS) is 52.4. The Balaban J connectivity index is 1.30. The lowest BCUT2D eigenvalue weighted by Gasteiger charge is -2.65. The number of hydrogen-bond acceptors (Lipinski definition) is 6. The van der Waals surface area contributed by atoms with Crippen LogP contribution in [-0.2, 0) is 11.2 Å². The molecule has 0 amide bonds. The number of aliphatic hydroxyl groups is 4. The molecule has 200 valence electrons. The van der Waals surface area contributed by atoms with Gasteiger partial charge in [-0.3, -0.25) is 0 Å². The molecule has 5 aliphatic rings. The van der Waals surface area contributed by atoms with Crippen molar-refractivity contribution < 1.29 is 30.3 Å². The molecule has 4 aliphatic carbocycles. The average molecular weight is 501 g/mol. The van der Waals surface area contributed by atoms with Crippen molar-refractivity contribution in [2.75, 3.05) is 0 Å². The molecule has 3 unspecified atom stereocenters. The number of ether oxygens (including phenoxy) is 1. The Morgan fingerprint density at radius 1 is 0.889 bits per heavy atom. The van der Waals surface area contributed by atoms with Crippen LogP contribution in [0, 0.1) is 40.4 Å². The number of phenols is 1. The molecule has 36 heavy (non-hydrogen) atoms. The van der Waals surface area contributed by atoms with Crippen molar-refractivity contribution >= 4 is 0 Å². The first-order valence-electron chi connectivity index (χ1n) is 14.3. The fourth-order valence-electron chi connectivity index (χ4n) is 10.2. The molecule has 5 fully saturated rings. The fourth-order valence-corrected chi connectivity index (χ4v) is 10.2. The Morgan fingerprint density at radius 2 is 1.67 bits per heavy atom. The van der Waals surface area contributed by atoms with Gasteiger partial charge in [-0.2, -0.15) is 0 Å². The summed E-state index contributed by atoms with van der Waals surface area (Å²) in [6, 6.07) is 7.28. The van der Waals surface area contributed by atoms with Gasteiger partial charge < -0.3 is 30.3 Å². The molecule has 12 atom stereocenters. The van der Waals surface area contributed by atoms with Gasteiger partial charge in [0.25, 0.3) is 0 Å². The number of aromatic hydroxyl groups is 1. The van der Waals surface area contributed by atoms with Crippen molar-refractivity contribution in [1.82, 2.24) is 0 Å². The molecule has 1 aromatic rings. The summed E-state index contributed by atoms with van der Waals surface area (Å²) in [6.45, 7) is 4.46. The molecule has 0 aromatic heterocycles. The highest BCUT2D eigenvalue weighted by Crippen LogP contribution is 2.70. The maximum Gasteiger partial charge on any atom is 0.155 e. The van der Waals surface area contributed by atoms with E-state index in [4.69, 9.17) is 4.74 Å². The lowest BCUT2D eigenvalue weighted by atomic mass is 9.42. The molecule has 1 aliphatic heterocycles. The number of hydrogen-bond donors (Lipinski definition) is 5. The number of benzene rings is 1. The van der Waals surface area contributed by atoms with Crippen LogP contribution in [-0.4, -0.2) is 55.7 Å². The summed E-state index contributed by atoms with van der Waals surface area (Å²) in [6.07, 6.45) is 5.83. The van der Waals surface area contributed by atoms with E-state index in [1.165, 1.54) is 0 Å². The van der Waals surface area contributed by atoms with Gasteiger partial charge in [0.2, 0.25) is 0 Å². The highest BCUT2D eigenvalue weighted by atomic mass is 16.6. The second kappa shape index (κ2) is 8.67. The first-order chi connectivity index (χ1) is 17.1. The standard InChI is InChI=1S/C30H44O6/c1-28-11-9-19(31)14-18(28)7-8-22-23(28)16-26(33)29(2)21(10-12-30(22,29)35)20-15-27(34)36-25(20)13-17-5-3-4-6-24(17)32/h3-6,18-23,25-27,31-35H,7-16H2,1-2H3/t18-,19+,20?,21-,22-,23+,25?,26-,27?,28+,29+,30+/m1/s1. The Bertz CT molecular complexity index is 984. The lowest BCUT2D eigenvalue weighted by molar-refractivity contribution is -0.251. The zero-order valence-corrected chi connectivity index (χ0v) is 21.7. The average Bonchev–Trinajstić information content (AvgIpc) is 3.33. The van der Waals surface area contributed by atoms with Crippen molar-refractivity contribution in [1.29, 1.82) is 0 Å². The van der Waals surface area contributed by atoms with Gasteiger partial charge in [-0.05, 0) is 98.0 Å². The van der Waals surface area contributed by atoms with E-state index in [-0.39, 0.29) is 47.0 Å². The monoisotopic (exact) mass is 500 g/mol. The number of para-hydroxylation sites is 1. The molecule has 0 radical (unpaired) electrons. The Morgan fingerprint density at radius 3 is 2.44 bits per heavy atom. The number of aliphatic hydroxyl groups excluding tert-OH is 3. The third-order valence-electron chi connectivity index (χ3n) is 12.2. The summed E-state index contributed by atoms with van der Waals surface area (Å²) in [5, 5.41) is 55.6. The topological polar surface area (TPSA) is 110 Å². The molecule has 5 N–H and O–H groups in total. The quantitative estimate of drug-likeness (QED) is 0.432. The van der Waals surface area contributed by atoms with Gasteiger partial charge in [0, 0.05) is 18.3 Å². The first-order valence-corrected chi connectivity index (χ1v) is 14.3. The van der Waals surface area contributed by atoms with Crippen LogP contribution in [0.1, 0.15) is 77.2 Å². The van der Waals surface area contributed by atoms with Crippen LogP contribution in [0.3, 0.4) is 0 Å². The van der Waals surface area contributed by atoms with E-state index < -0.39 is 23.4 Å². The van der Waals surface area contributed by atoms with E-state index in [1.807, 2.05) is 12.1 Å². The molecule has 4 saturated carbocycles. The van der Waals surface area contributed by atoms with Gasteiger partial charge in [-0.1, -0.05) is 32.0 Å². The number of fused-ring (bicyclic) bond motifs is 5. The predicted octanol–water partition coefficient (Wildman–Crippen LogP) is 3.76. The second-order valence-electron chi connectivity index (χ2n) is 13.4. The Labute approximate surface area is 214 Å². The van der Waals surface area contributed by atoms with E-state index in [2.05, 4.69) is 13.8 Å². The maximum absolute atomic E-state index is 12.6. The minimum Gasteiger partial charge on any atom is -0.508 e. The molecular weight excluding hydrogens is 456 g/mol. The van der Waals surface area contributed by atoms with Crippen LogP contribution in [0.25, 0.3) is 0 Å². The van der Waals surface area contributed by atoms with Gasteiger partial charge in [-0.15, -0.1) is 0 Å². The number of phenolic OH excluding ortho intramolecular Hbond substituents is 1. The largest absolute Gasteiger partial charge is 0.508 e. The van der Waals surface area contributed by atoms with Crippen LogP contribution in [0.5, 0.6) is 5.75 Å². The summed E-state index contributed by atoms with van der Waals surface area (Å²) in [5.41, 5.74) is -0.759. The third kappa shape index (κ3) is 3.47. The van der Waals surface area contributed by atoms with Crippen LogP contribution in [0.2, 0.25) is 0 Å². The summed E-state index contributed by atoms with van der Waals surface area (Å²) in [7, 11) is 0. The number of rotatable bonds is 3. The Kier molecular flexibility index (Phi) is 6.05. The van der Waals surface area contributed by atoms with Crippen LogP contribution in [0.15, 0.2) is 24.3 Å². The van der Waals surface area contributed by atoms with Gasteiger partial charge in [0.1, 0.15) is 5.75 Å². The van der Waals surface area contributed by atoms with E-state index >= 15 is 0 Å². The van der Waals surface area contributed by atoms with Crippen LogP contribution in [0.4, 0.5) is 0 Å². The van der Waals surface area contributed by atoms with Crippen molar-refractivity contribution in [3.8, 4) is 5.75 Å². The zero-order chi connectivity index (χ0) is 25.5. The second-order valence-corrected chi connectivity index (χ2v) is 13.4. The molecule has 0 bridgehead atoms. The minimum atomic E-state index is -0.947. The third-order valence-corrected chi connectivity index (χ3v) is 12.2. The Hall–Kier alpha value is -1.18. The highest BCUT2D eigenvalue weighted by Gasteiger charge is 2.71. The van der Waals surface area contributed by atoms with E-state index in [1.54, 1.807) is 12.1 Å². The maximum atomic E-state index is 12.6. The summed E-state index contributed by atoms with van der Waals surface area (Å²) >= 11 is 0.